The van der Waals surface area contributed by atoms with Crippen molar-refractivity contribution in [1.82, 2.24) is 5.32 Å². The average molecular weight is 261 g/mol. The number of benzene rings is 1. The summed E-state index contributed by atoms with van der Waals surface area (Å²) in [5.74, 6) is 2.24. The van der Waals surface area contributed by atoms with Crippen LogP contribution in [-0.4, -0.2) is 33.4 Å². The van der Waals surface area contributed by atoms with Crippen molar-refractivity contribution >= 4 is 0 Å². The number of hydrogen-bond acceptors (Lipinski definition) is 3. The molecule has 0 radical (unpaired) electrons. The van der Waals surface area contributed by atoms with Crippen LogP contribution in [-0.2, 0) is 10.2 Å². The molecular weight excluding hydrogens is 238 g/mol. The van der Waals surface area contributed by atoms with E-state index < -0.39 is 0 Å². The lowest BCUT2D eigenvalue weighted by Gasteiger charge is -2.51. The van der Waals surface area contributed by atoms with Crippen molar-refractivity contribution in [2.24, 2.45) is 5.92 Å². The predicted octanol–water partition coefficient (Wildman–Crippen LogP) is 2.31. The monoisotopic (exact) mass is 261 g/mol. The lowest BCUT2D eigenvalue weighted by atomic mass is 9.65. The summed E-state index contributed by atoms with van der Waals surface area (Å²) in [5, 5.41) is 3.38. The van der Waals surface area contributed by atoms with Crippen LogP contribution in [0.4, 0.5) is 0 Å². The molecular formula is C16H23NO2. The predicted molar refractivity (Wildman–Crippen MR) is 75.9 cm³/mol. The van der Waals surface area contributed by atoms with Gasteiger partial charge in [0, 0.05) is 18.7 Å². The third kappa shape index (κ3) is 1.96. The van der Waals surface area contributed by atoms with Crippen molar-refractivity contribution < 1.29 is 9.47 Å². The first-order valence-corrected chi connectivity index (χ1v) is 7.14. The first-order chi connectivity index (χ1) is 9.17. The molecule has 3 nitrogen and oxygen atoms in total. The maximum atomic E-state index is 5.60. The molecule has 0 saturated carbocycles. The van der Waals surface area contributed by atoms with Crippen LogP contribution in [0.15, 0.2) is 18.2 Å². The molecule has 2 heterocycles. The normalized spacial score (nSPS) is 21.9. The maximum absolute atomic E-state index is 5.60. The molecule has 2 saturated heterocycles. The van der Waals surface area contributed by atoms with Gasteiger partial charge in [-0.25, -0.2) is 0 Å². The van der Waals surface area contributed by atoms with Gasteiger partial charge in [0.05, 0.1) is 25.7 Å². The van der Waals surface area contributed by atoms with Crippen molar-refractivity contribution in [3.05, 3.63) is 29.3 Å². The molecule has 1 aromatic carbocycles. The quantitative estimate of drug-likeness (QED) is 0.902. The van der Waals surface area contributed by atoms with Gasteiger partial charge in [-0.05, 0) is 23.5 Å². The fourth-order valence-electron chi connectivity index (χ4n) is 3.09. The van der Waals surface area contributed by atoms with E-state index in [-0.39, 0.29) is 5.41 Å². The molecule has 3 rings (SSSR count). The highest BCUT2D eigenvalue weighted by Gasteiger charge is 2.50. The van der Waals surface area contributed by atoms with Crippen LogP contribution in [0.25, 0.3) is 0 Å². The van der Waals surface area contributed by atoms with Gasteiger partial charge in [-0.15, -0.1) is 0 Å². The Morgan fingerprint density at radius 2 is 2.05 bits per heavy atom. The molecule has 3 heteroatoms. The first kappa shape index (κ1) is 12.9. The minimum absolute atomic E-state index is 0.168. The molecule has 0 unspecified atom stereocenters. The summed E-state index contributed by atoms with van der Waals surface area (Å²) in [5.41, 5.74) is 2.90. The summed E-state index contributed by atoms with van der Waals surface area (Å²) in [7, 11) is 1.76. The summed E-state index contributed by atoms with van der Waals surface area (Å²) in [4.78, 5) is 0. The number of ether oxygens (including phenoxy) is 2. The van der Waals surface area contributed by atoms with Crippen LogP contribution in [0, 0.1) is 5.92 Å². The van der Waals surface area contributed by atoms with Crippen LogP contribution in [0.3, 0.4) is 0 Å². The smallest absolute Gasteiger partial charge is 0.122 e. The van der Waals surface area contributed by atoms with Crippen molar-refractivity contribution in [2.75, 3.05) is 33.4 Å². The zero-order valence-corrected chi connectivity index (χ0v) is 12.0. The minimum atomic E-state index is 0.168. The van der Waals surface area contributed by atoms with Crippen LogP contribution >= 0.6 is 0 Å². The fourth-order valence-corrected chi connectivity index (χ4v) is 3.09. The number of methoxy groups -OCH3 is 1. The highest BCUT2D eigenvalue weighted by molar-refractivity contribution is 5.46. The molecule has 19 heavy (non-hydrogen) atoms. The summed E-state index contributed by atoms with van der Waals surface area (Å²) >= 11 is 0. The molecule has 1 aromatic rings. The number of hydrogen-bond donors (Lipinski definition) is 1. The second kappa shape index (κ2) is 4.80. The van der Waals surface area contributed by atoms with E-state index in [1.54, 1.807) is 7.11 Å². The Hall–Kier alpha value is -1.06. The molecule has 2 aliphatic rings. The van der Waals surface area contributed by atoms with Gasteiger partial charge in [0.25, 0.3) is 0 Å². The van der Waals surface area contributed by atoms with E-state index in [4.69, 9.17) is 9.47 Å². The summed E-state index contributed by atoms with van der Waals surface area (Å²) in [6, 6.07) is 6.64. The number of nitrogens with one attached hydrogen (secondary N) is 1. The van der Waals surface area contributed by atoms with Gasteiger partial charge in [-0.2, -0.15) is 0 Å². The SMILES string of the molecule is COc1ccc(C(C)C)cc1C1(C2CNC2)COC1. The molecule has 1 N–H and O–H groups in total. The van der Waals surface area contributed by atoms with Gasteiger partial charge in [-0.3, -0.25) is 0 Å². The van der Waals surface area contributed by atoms with E-state index in [1.807, 2.05) is 0 Å². The van der Waals surface area contributed by atoms with E-state index in [0.717, 1.165) is 32.1 Å². The van der Waals surface area contributed by atoms with Crippen molar-refractivity contribution in [3.8, 4) is 5.75 Å². The topological polar surface area (TPSA) is 30.5 Å². The van der Waals surface area contributed by atoms with Gasteiger partial charge in [0.1, 0.15) is 5.75 Å². The zero-order valence-electron chi connectivity index (χ0n) is 12.0. The summed E-state index contributed by atoms with van der Waals surface area (Å²) < 4.78 is 11.2. The van der Waals surface area contributed by atoms with Crippen molar-refractivity contribution in [3.63, 3.8) is 0 Å². The van der Waals surface area contributed by atoms with E-state index >= 15 is 0 Å². The second-order valence-electron chi connectivity index (χ2n) is 6.12. The van der Waals surface area contributed by atoms with Crippen molar-refractivity contribution in [1.29, 1.82) is 0 Å². The Morgan fingerprint density at radius 3 is 2.47 bits per heavy atom. The fraction of sp³-hybridized carbons (Fsp3) is 0.625. The highest BCUT2D eigenvalue weighted by atomic mass is 16.5. The van der Waals surface area contributed by atoms with E-state index in [1.165, 1.54) is 11.1 Å². The third-order valence-electron chi connectivity index (χ3n) is 4.71. The summed E-state index contributed by atoms with van der Waals surface area (Å²) in [6.07, 6.45) is 0. The van der Waals surface area contributed by atoms with E-state index in [9.17, 15) is 0 Å². The largest absolute Gasteiger partial charge is 0.496 e. The van der Waals surface area contributed by atoms with Gasteiger partial charge < -0.3 is 14.8 Å². The van der Waals surface area contributed by atoms with Crippen LogP contribution < -0.4 is 10.1 Å². The minimum Gasteiger partial charge on any atom is -0.496 e. The Labute approximate surface area is 115 Å². The Balaban J connectivity index is 2.03. The van der Waals surface area contributed by atoms with Crippen LogP contribution in [0.1, 0.15) is 30.9 Å². The Bertz CT molecular complexity index is 462. The third-order valence-corrected chi connectivity index (χ3v) is 4.71. The second-order valence-corrected chi connectivity index (χ2v) is 6.12. The van der Waals surface area contributed by atoms with Gasteiger partial charge in [-0.1, -0.05) is 26.0 Å². The molecule has 2 aliphatic heterocycles. The molecule has 0 aliphatic carbocycles. The zero-order chi connectivity index (χ0) is 13.5. The average Bonchev–Trinajstić information content (AvgIpc) is 2.30. The molecule has 104 valence electrons. The first-order valence-electron chi connectivity index (χ1n) is 7.14. The van der Waals surface area contributed by atoms with Gasteiger partial charge >= 0.3 is 0 Å². The molecule has 0 aromatic heterocycles. The van der Waals surface area contributed by atoms with Gasteiger partial charge in [0.2, 0.25) is 0 Å². The van der Waals surface area contributed by atoms with E-state index in [2.05, 4.69) is 37.4 Å². The standard InChI is InChI=1S/C16H23NO2/c1-11(2)12-4-5-15(18-3)14(6-12)16(9-19-10-16)13-7-17-8-13/h4-6,11,13,17H,7-10H2,1-3H3. The number of rotatable bonds is 4. The van der Waals surface area contributed by atoms with Crippen molar-refractivity contribution in [2.45, 2.75) is 25.2 Å². The van der Waals surface area contributed by atoms with E-state index in [0.29, 0.717) is 11.8 Å². The van der Waals surface area contributed by atoms with Crippen LogP contribution in [0.5, 0.6) is 5.75 Å². The maximum Gasteiger partial charge on any atom is 0.122 e. The molecule has 0 bridgehead atoms. The summed E-state index contributed by atoms with van der Waals surface area (Å²) in [6.45, 7) is 8.33. The molecule has 0 amide bonds. The Morgan fingerprint density at radius 1 is 1.32 bits per heavy atom. The molecule has 2 fully saturated rings. The Kier molecular flexibility index (Phi) is 3.27. The lowest BCUT2D eigenvalue weighted by Crippen LogP contribution is -2.62. The highest BCUT2D eigenvalue weighted by Crippen LogP contribution is 2.45. The molecule has 0 spiro atoms. The lowest BCUT2D eigenvalue weighted by molar-refractivity contribution is -0.102. The van der Waals surface area contributed by atoms with Crippen LogP contribution in [0.2, 0.25) is 0 Å². The van der Waals surface area contributed by atoms with Gasteiger partial charge in [0.15, 0.2) is 0 Å². The molecule has 0 atom stereocenters.